The number of nitrogens with zero attached hydrogens (tertiary/aromatic N) is 4. The molecule has 132 valence electrons. The number of para-hydroxylation sites is 1. The average molecular weight is 372 g/mol. The summed E-state index contributed by atoms with van der Waals surface area (Å²) >= 11 is 1.10. The van der Waals surface area contributed by atoms with Crippen molar-refractivity contribution in [3.63, 3.8) is 0 Å². The number of benzene rings is 2. The van der Waals surface area contributed by atoms with Crippen LogP contribution in [0, 0.1) is 5.82 Å². The Bertz CT molecular complexity index is 918. The first-order valence-electron chi connectivity index (χ1n) is 7.45. The molecule has 0 spiro atoms. The van der Waals surface area contributed by atoms with Crippen LogP contribution in [0.25, 0.3) is 5.69 Å². The lowest BCUT2D eigenvalue weighted by Gasteiger charge is -2.08. The Labute approximate surface area is 151 Å². The van der Waals surface area contributed by atoms with Gasteiger partial charge in [-0.25, -0.2) is 4.39 Å². The summed E-state index contributed by atoms with van der Waals surface area (Å²) in [5.41, 5.74) is 4.99. The Morgan fingerprint density at radius 3 is 2.54 bits per heavy atom. The van der Waals surface area contributed by atoms with E-state index in [1.807, 2.05) is 30.3 Å². The maximum atomic E-state index is 13.5. The molecule has 0 bridgehead atoms. The molecule has 0 aliphatic heterocycles. The molecule has 3 rings (SSSR count). The molecule has 0 fully saturated rings. The molecule has 0 aliphatic carbocycles. The van der Waals surface area contributed by atoms with Gasteiger partial charge in [-0.15, -0.1) is 5.10 Å². The molecule has 0 aliphatic rings. The number of carbonyl (C=O) groups is 2. The van der Waals surface area contributed by atoms with Crippen molar-refractivity contribution in [3.8, 4) is 5.69 Å². The predicted octanol–water partition coefficient (Wildman–Crippen LogP) is 1.35. The second-order valence-corrected chi connectivity index (χ2v) is 5.92. The zero-order chi connectivity index (χ0) is 18.4. The van der Waals surface area contributed by atoms with Gasteiger partial charge in [0, 0.05) is 0 Å². The fourth-order valence-corrected chi connectivity index (χ4v) is 2.70. The van der Waals surface area contributed by atoms with Gasteiger partial charge >= 0.3 is 0 Å². The highest BCUT2D eigenvalue weighted by Crippen LogP contribution is 2.17. The lowest BCUT2D eigenvalue weighted by atomic mass is 10.2. The Morgan fingerprint density at radius 2 is 1.77 bits per heavy atom. The standard InChI is InChI=1S/C16H13FN6O2S/c17-13-9-5-4-8-12(13)15(25)19-18-14(24)10-26-16-20-21-22-23(16)11-6-2-1-3-7-11/h1-9H,10H2,(H,18,24)(H,19,25). The van der Waals surface area contributed by atoms with Crippen molar-refractivity contribution in [2.45, 2.75) is 5.16 Å². The Hall–Kier alpha value is -3.27. The van der Waals surface area contributed by atoms with E-state index in [4.69, 9.17) is 0 Å². The van der Waals surface area contributed by atoms with Crippen LogP contribution in [0.1, 0.15) is 10.4 Å². The highest BCUT2D eigenvalue weighted by molar-refractivity contribution is 7.99. The number of aromatic nitrogens is 4. The minimum atomic E-state index is -0.740. The Kier molecular flexibility index (Phi) is 5.54. The fraction of sp³-hybridized carbons (Fsp3) is 0.0625. The van der Waals surface area contributed by atoms with Crippen molar-refractivity contribution in [2.75, 3.05) is 5.75 Å². The summed E-state index contributed by atoms with van der Waals surface area (Å²) in [6.07, 6.45) is 0. The third-order valence-corrected chi connectivity index (χ3v) is 4.13. The number of hydrogen-bond donors (Lipinski definition) is 2. The monoisotopic (exact) mass is 372 g/mol. The first-order chi connectivity index (χ1) is 12.6. The first kappa shape index (κ1) is 17.5. The Morgan fingerprint density at radius 1 is 1.04 bits per heavy atom. The predicted molar refractivity (Wildman–Crippen MR) is 91.9 cm³/mol. The van der Waals surface area contributed by atoms with Gasteiger partial charge in [0.15, 0.2) is 0 Å². The minimum Gasteiger partial charge on any atom is -0.272 e. The smallest absolute Gasteiger partial charge is 0.272 e. The molecule has 2 amide bonds. The number of tetrazole rings is 1. The van der Waals surface area contributed by atoms with Gasteiger partial charge in [0.2, 0.25) is 11.1 Å². The molecule has 8 nitrogen and oxygen atoms in total. The minimum absolute atomic E-state index is 0.0369. The normalized spacial score (nSPS) is 10.3. The number of halogens is 1. The van der Waals surface area contributed by atoms with Crippen molar-refractivity contribution in [3.05, 3.63) is 66.0 Å². The molecule has 26 heavy (non-hydrogen) atoms. The van der Waals surface area contributed by atoms with Gasteiger partial charge in [0.05, 0.1) is 17.0 Å². The zero-order valence-corrected chi connectivity index (χ0v) is 14.1. The molecule has 0 saturated heterocycles. The van der Waals surface area contributed by atoms with Gasteiger partial charge in [0.25, 0.3) is 5.91 Å². The van der Waals surface area contributed by atoms with Gasteiger partial charge in [-0.05, 0) is 34.7 Å². The number of hydrazine groups is 1. The van der Waals surface area contributed by atoms with Crippen LogP contribution >= 0.6 is 11.8 Å². The SMILES string of the molecule is O=C(CSc1nnnn1-c1ccccc1)NNC(=O)c1ccccc1F. The second kappa shape index (κ2) is 8.21. The van der Waals surface area contributed by atoms with Crippen LogP contribution in [0.2, 0.25) is 0 Å². The largest absolute Gasteiger partial charge is 0.272 e. The third kappa shape index (κ3) is 4.22. The summed E-state index contributed by atoms with van der Waals surface area (Å²) in [4.78, 5) is 23.7. The van der Waals surface area contributed by atoms with Crippen LogP contribution in [-0.4, -0.2) is 37.8 Å². The number of rotatable bonds is 5. The first-order valence-corrected chi connectivity index (χ1v) is 8.44. The molecule has 0 atom stereocenters. The van der Waals surface area contributed by atoms with Gasteiger partial charge < -0.3 is 0 Å². The number of nitrogens with one attached hydrogen (secondary N) is 2. The van der Waals surface area contributed by atoms with Crippen molar-refractivity contribution in [1.82, 2.24) is 31.1 Å². The molecule has 3 aromatic rings. The van der Waals surface area contributed by atoms with E-state index in [0.29, 0.717) is 5.16 Å². The summed E-state index contributed by atoms with van der Waals surface area (Å²) < 4.78 is 15.0. The second-order valence-electron chi connectivity index (χ2n) is 4.98. The molecule has 0 radical (unpaired) electrons. The van der Waals surface area contributed by atoms with E-state index >= 15 is 0 Å². The van der Waals surface area contributed by atoms with E-state index < -0.39 is 17.6 Å². The molecular formula is C16H13FN6O2S. The Balaban J connectivity index is 1.53. The number of hydrogen-bond acceptors (Lipinski definition) is 6. The van der Waals surface area contributed by atoms with Crippen LogP contribution in [0.15, 0.2) is 59.8 Å². The van der Waals surface area contributed by atoms with Crippen LogP contribution in [0.4, 0.5) is 4.39 Å². The number of thioether (sulfide) groups is 1. The fourth-order valence-electron chi connectivity index (χ4n) is 2.01. The van der Waals surface area contributed by atoms with E-state index in [1.54, 1.807) is 0 Å². The van der Waals surface area contributed by atoms with Gasteiger partial charge in [0.1, 0.15) is 5.82 Å². The van der Waals surface area contributed by atoms with Crippen LogP contribution in [0.5, 0.6) is 0 Å². The molecule has 2 aromatic carbocycles. The van der Waals surface area contributed by atoms with Gasteiger partial charge in [-0.1, -0.05) is 42.1 Å². The molecule has 1 aromatic heterocycles. The maximum absolute atomic E-state index is 13.5. The van der Waals surface area contributed by atoms with Crippen LogP contribution < -0.4 is 10.9 Å². The summed E-state index contributed by atoms with van der Waals surface area (Å²) in [5, 5.41) is 11.8. The molecular weight excluding hydrogens is 359 g/mol. The van der Waals surface area contributed by atoms with E-state index in [-0.39, 0.29) is 11.3 Å². The molecule has 10 heteroatoms. The molecule has 0 unspecified atom stereocenters. The van der Waals surface area contributed by atoms with E-state index in [2.05, 4.69) is 26.4 Å². The van der Waals surface area contributed by atoms with Crippen LogP contribution in [0.3, 0.4) is 0 Å². The van der Waals surface area contributed by atoms with Crippen molar-refractivity contribution >= 4 is 23.6 Å². The van der Waals surface area contributed by atoms with E-state index in [1.165, 1.54) is 22.9 Å². The summed E-state index contributed by atoms with van der Waals surface area (Å²) in [6, 6.07) is 14.7. The topological polar surface area (TPSA) is 102 Å². The summed E-state index contributed by atoms with van der Waals surface area (Å²) in [5.74, 6) is -1.93. The quantitative estimate of drug-likeness (QED) is 0.518. The van der Waals surface area contributed by atoms with E-state index in [0.717, 1.165) is 23.5 Å². The average Bonchev–Trinajstić information content (AvgIpc) is 3.14. The molecule has 1 heterocycles. The molecule has 2 N–H and O–H groups in total. The highest BCUT2D eigenvalue weighted by atomic mass is 32.2. The van der Waals surface area contributed by atoms with Crippen molar-refractivity contribution < 1.29 is 14.0 Å². The van der Waals surface area contributed by atoms with Crippen molar-refractivity contribution in [1.29, 1.82) is 0 Å². The summed E-state index contributed by atoms with van der Waals surface area (Å²) in [7, 11) is 0. The van der Waals surface area contributed by atoms with Gasteiger partial charge in [-0.3, -0.25) is 20.4 Å². The molecule has 0 saturated carbocycles. The lowest BCUT2D eigenvalue weighted by molar-refractivity contribution is -0.119. The van der Waals surface area contributed by atoms with Crippen molar-refractivity contribution in [2.24, 2.45) is 0 Å². The van der Waals surface area contributed by atoms with E-state index in [9.17, 15) is 14.0 Å². The van der Waals surface area contributed by atoms with Gasteiger partial charge in [-0.2, -0.15) is 4.68 Å². The lowest BCUT2D eigenvalue weighted by Crippen LogP contribution is -2.42. The third-order valence-electron chi connectivity index (χ3n) is 3.21. The summed E-state index contributed by atoms with van der Waals surface area (Å²) in [6.45, 7) is 0. The van der Waals surface area contributed by atoms with Crippen LogP contribution in [-0.2, 0) is 4.79 Å². The highest BCUT2D eigenvalue weighted by Gasteiger charge is 2.14. The zero-order valence-electron chi connectivity index (χ0n) is 13.3. The number of amides is 2. The number of carbonyl (C=O) groups excluding carboxylic acids is 2. The maximum Gasteiger partial charge on any atom is 0.272 e.